The number of halogens is 1. The highest BCUT2D eigenvalue weighted by Gasteiger charge is 2.20. The topological polar surface area (TPSA) is 97.1 Å². The average molecular weight is 307 g/mol. The molecule has 1 rings (SSSR count). The van der Waals surface area contributed by atoms with E-state index in [2.05, 4.69) is 15.1 Å². The summed E-state index contributed by atoms with van der Waals surface area (Å²) in [5.41, 5.74) is 2.29. The van der Waals surface area contributed by atoms with Crippen LogP contribution in [-0.2, 0) is 10.0 Å². The quantitative estimate of drug-likeness (QED) is 0.528. The van der Waals surface area contributed by atoms with E-state index in [4.69, 9.17) is 17.4 Å². The maximum Gasteiger partial charge on any atom is 0.242 e. The highest BCUT2D eigenvalue weighted by atomic mass is 35.5. The summed E-state index contributed by atoms with van der Waals surface area (Å²) in [6.07, 6.45) is 3.66. The second-order valence-corrected chi connectivity index (χ2v) is 6.28. The molecule has 1 atom stereocenters. The van der Waals surface area contributed by atoms with Crippen molar-refractivity contribution >= 4 is 27.4 Å². The molecule has 0 radical (unpaired) electrons. The minimum Gasteiger partial charge on any atom is -0.307 e. The predicted octanol–water partition coefficient (Wildman–Crippen LogP) is 1.88. The molecule has 0 aliphatic heterocycles. The van der Waals surface area contributed by atoms with Crippen molar-refractivity contribution in [2.24, 2.45) is 5.84 Å². The van der Waals surface area contributed by atoms with Crippen molar-refractivity contribution in [2.75, 3.05) is 5.43 Å². The van der Waals surface area contributed by atoms with Crippen LogP contribution in [0.5, 0.6) is 0 Å². The van der Waals surface area contributed by atoms with E-state index in [1.165, 1.54) is 12.3 Å². The van der Waals surface area contributed by atoms with Gasteiger partial charge in [-0.15, -0.1) is 0 Å². The Balaban J connectivity index is 2.96. The summed E-state index contributed by atoms with van der Waals surface area (Å²) in [6.45, 7) is 3.95. The van der Waals surface area contributed by atoms with E-state index in [-0.39, 0.29) is 21.8 Å². The fourth-order valence-electron chi connectivity index (χ4n) is 1.66. The van der Waals surface area contributed by atoms with Crippen LogP contribution >= 0.6 is 11.6 Å². The van der Waals surface area contributed by atoms with Crippen molar-refractivity contribution < 1.29 is 8.42 Å². The van der Waals surface area contributed by atoms with Crippen LogP contribution in [0, 0.1) is 0 Å². The minimum atomic E-state index is -3.61. The summed E-state index contributed by atoms with van der Waals surface area (Å²) >= 11 is 5.87. The first-order valence-corrected chi connectivity index (χ1v) is 7.95. The zero-order valence-corrected chi connectivity index (χ0v) is 12.6. The van der Waals surface area contributed by atoms with E-state index in [9.17, 15) is 8.42 Å². The fourth-order valence-corrected chi connectivity index (χ4v) is 3.27. The molecule has 1 aromatic heterocycles. The Morgan fingerprint density at radius 1 is 1.47 bits per heavy atom. The van der Waals surface area contributed by atoms with E-state index in [0.717, 1.165) is 19.3 Å². The van der Waals surface area contributed by atoms with Crippen molar-refractivity contribution in [3.8, 4) is 0 Å². The first kappa shape index (κ1) is 16.2. The van der Waals surface area contributed by atoms with Gasteiger partial charge in [-0.25, -0.2) is 24.0 Å². The standard InChI is InChI=1S/C11H19ClN4O2S/c1-3-5-8(4-2)16-19(17,18)9-6-10(12)11(15-13)14-7-9/h6-8,16H,3-5,13H2,1-2H3,(H,14,15). The monoisotopic (exact) mass is 306 g/mol. The summed E-state index contributed by atoms with van der Waals surface area (Å²) in [6, 6.07) is 1.24. The molecule has 4 N–H and O–H groups in total. The Kier molecular flexibility index (Phi) is 5.99. The maximum absolute atomic E-state index is 12.2. The SMILES string of the molecule is CCCC(CC)NS(=O)(=O)c1cnc(NN)c(Cl)c1. The van der Waals surface area contributed by atoms with E-state index >= 15 is 0 Å². The molecule has 6 nitrogen and oxygen atoms in total. The number of hydrogen-bond donors (Lipinski definition) is 3. The minimum absolute atomic E-state index is 0.0334. The molecular weight excluding hydrogens is 288 g/mol. The van der Waals surface area contributed by atoms with Gasteiger partial charge in [-0.2, -0.15) is 0 Å². The zero-order valence-electron chi connectivity index (χ0n) is 11.0. The Hall–Kier alpha value is -0.890. The number of nitrogens with two attached hydrogens (primary N) is 1. The van der Waals surface area contributed by atoms with Gasteiger partial charge < -0.3 is 5.43 Å². The molecule has 0 saturated heterocycles. The van der Waals surface area contributed by atoms with E-state index in [1.807, 2.05) is 13.8 Å². The number of aromatic nitrogens is 1. The molecule has 0 bridgehead atoms. The summed E-state index contributed by atoms with van der Waals surface area (Å²) < 4.78 is 27.0. The third-order valence-corrected chi connectivity index (χ3v) is 4.49. The average Bonchev–Trinajstić information content (AvgIpc) is 2.37. The van der Waals surface area contributed by atoms with Crippen molar-refractivity contribution in [1.82, 2.24) is 9.71 Å². The summed E-state index contributed by atoms with van der Waals surface area (Å²) in [4.78, 5) is 3.89. The van der Waals surface area contributed by atoms with Crippen LogP contribution in [0.4, 0.5) is 5.82 Å². The van der Waals surface area contributed by atoms with Crippen LogP contribution in [0.1, 0.15) is 33.1 Å². The van der Waals surface area contributed by atoms with Gasteiger partial charge in [-0.1, -0.05) is 31.9 Å². The smallest absolute Gasteiger partial charge is 0.242 e. The molecule has 0 spiro atoms. The van der Waals surface area contributed by atoms with Crippen LogP contribution in [0.3, 0.4) is 0 Å². The molecule has 0 aliphatic carbocycles. The van der Waals surface area contributed by atoms with Crippen molar-refractivity contribution in [3.63, 3.8) is 0 Å². The van der Waals surface area contributed by atoms with E-state index in [0.29, 0.717) is 0 Å². The molecule has 0 saturated carbocycles. The number of pyridine rings is 1. The van der Waals surface area contributed by atoms with Gasteiger partial charge in [0.1, 0.15) is 4.90 Å². The van der Waals surface area contributed by atoms with Gasteiger partial charge in [-0.05, 0) is 18.9 Å². The summed E-state index contributed by atoms with van der Waals surface area (Å²) in [5.74, 6) is 5.43. The Morgan fingerprint density at radius 2 is 2.16 bits per heavy atom. The number of rotatable bonds is 7. The Morgan fingerprint density at radius 3 is 2.63 bits per heavy atom. The van der Waals surface area contributed by atoms with Crippen LogP contribution in [0.2, 0.25) is 5.02 Å². The van der Waals surface area contributed by atoms with Gasteiger partial charge >= 0.3 is 0 Å². The molecular formula is C11H19ClN4O2S. The van der Waals surface area contributed by atoms with Crippen LogP contribution < -0.4 is 16.0 Å². The number of nitrogens with zero attached hydrogens (tertiary/aromatic N) is 1. The van der Waals surface area contributed by atoms with Crippen LogP contribution in [0.15, 0.2) is 17.2 Å². The van der Waals surface area contributed by atoms with Crippen molar-refractivity contribution in [2.45, 2.75) is 44.0 Å². The molecule has 0 aliphatic rings. The molecule has 19 heavy (non-hydrogen) atoms. The molecule has 8 heteroatoms. The molecule has 0 amide bonds. The number of nitrogen functional groups attached to an aromatic ring is 1. The summed E-state index contributed by atoms with van der Waals surface area (Å²) in [7, 11) is -3.61. The van der Waals surface area contributed by atoms with Crippen molar-refractivity contribution in [3.05, 3.63) is 17.3 Å². The molecule has 108 valence electrons. The molecule has 1 heterocycles. The van der Waals surface area contributed by atoms with Crippen molar-refractivity contribution in [1.29, 1.82) is 0 Å². The van der Waals surface area contributed by atoms with Gasteiger partial charge in [0.15, 0.2) is 5.82 Å². The summed E-state index contributed by atoms with van der Waals surface area (Å²) in [5, 5.41) is 0.161. The largest absolute Gasteiger partial charge is 0.307 e. The second kappa shape index (κ2) is 7.04. The number of nitrogens with one attached hydrogen (secondary N) is 2. The third kappa shape index (κ3) is 4.31. The lowest BCUT2D eigenvalue weighted by atomic mass is 10.1. The number of hydrazine groups is 1. The lowest BCUT2D eigenvalue weighted by molar-refractivity contribution is 0.512. The molecule has 0 fully saturated rings. The van der Waals surface area contributed by atoms with Gasteiger partial charge in [0, 0.05) is 12.2 Å². The van der Waals surface area contributed by atoms with E-state index < -0.39 is 10.0 Å². The highest BCUT2D eigenvalue weighted by molar-refractivity contribution is 7.89. The zero-order chi connectivity index (χ0) is 14.5. The normalized spacial score (nSPS) is 13.3. The first-order chi connectivity index (χ1) is 8.94. The van der Waals surface area contributed by atoms with Gasteiger partial charge in [0.25, 0.3) is 0 Å². The van der Waals surface area contributed by atoms with Crippen LogP contribution in [-0.4, -0.2) is 19.4 Å². The van der Waals surface area contributed by atoms with Gasteiger partial charge in [-0.3, -0.25) is 0 Å². The van der Waals surface area contributed by atoms with Gasteiger partial charge in [0.2, 0.25) is 10.0 Å². The first-order valence-electron chi connectivity index (χ1n) is 6.09. The number of hydrogen-bond acceptors (Lipinski definition) is 5. The second-order valence-electron chi connectivity index (χ2n) is 4.16. The Labute approximate surface area is 118 Å². The fraction of sp³-hybridized carbons (Fsp3) is 0.545. The lowest BCUT2D eigenvalue weighted by Crippen LogP contribution is -2.34. The molecule has 1 aromatic rings. The number of sulfonamides is 1. The van der Waals surface area contributed by atoms with Crippen LogP contribution in [0.25, 0.3) is 0 Å². The van der Waals surface area contributed by atoms with E-state index in [1.54, 1.807) is 0 Å². The molecule has 1 unspecified atom stereocenters. The number of anilines is 1. The Bertz CT molecular complexity index is 521. The molecule has 0 aromatic carbocycles. The third-order valence-electron chi connectivity index (χ3n) is 2.71. The predicted molar refractivity (Wildman–Crippen MR) is 76.4 cm³/mol. The highest BCUT2D eigenvalue weighted by Crippen LogP contribution is 2.22. The van der Waals surface area contributed by atoms with Gasteiger partial charge in [0.05, 0.1) is 5.02 Å². The lowest BCUT2D eigenvalue weighted by Gasteiger charge is -2.16. The maximum atomic E-state index is 12.2.